The highest BCUT2D eigenvalue weighted by Gasteiger charge is 2.22. The first-order chi connectivity index (χ1) is 14.3. The number of benzene rings is 2. The van der Waals surface area contributed by atoms with E-state index >= 15 is 0 Å². The Balaban J connectivity index is 1.67. The van der Waals surface area contributed by atoms with Gasteiger partial charge in [0.05, 0.1) is 17.5 Å². The van der Waals surface area contributed by atoms with Crippen LogP contribution in [-0.2, 0) is 9.53 Å². The molecule has 0 radical (unpaired) electrons. The van der Waals surface area contributed by atoms with E-state index in [1.807, 2.05) is 0 Å². The van der Waals surface area contributed by atoms with Crippen LogP contribution in [0.1, 0.15) is 27.8 Å². The number of ether oxygens (including phenoxy) is 1. The Hall–Kier alpha value is -4.01. The number of rotatable bonds is 6. The third-order valence-corrected chi connectivity index (χ3v) is 3.98. The number of halogens is 2. The van der Waals surface area contributed by atoms with Crippen LogP contribution in [0.15, 0.2) is 65.3 Å². The van der Waals surface area contributed by atoms with Crippen LogP contribution in [0, 0.1) is 11.6 Å². The molecule has 3 rings (SSSR count). The van der Waals surface area contributed by atoms with Gasteiger partial charge in [0, 0.05) is 11.8 Å². The van der Waals surface area contributed by atoms with Crippen molar-refractivity contribution in [2.45, 2.75) is 13.0 Å². The molecule has 2 aromatic carbocycles. The second-order valence-electron chi connectivity index (χ2n) is 6.14. The second kappa shape index (κ2) is 8.99. The number of hydrogen-bond acceptors (Lipinski definition) is 5. The molecule has 0 bridgehead atoms. The first-order valence-electron chi connectivity index (χ1n) is 8.76. The molecule has 2 amide bonds. The smallest absolute Gasteiger partial charge is 0.341 e. The Morgan fingerprint density at radius 2 is 1.73 bits per heavy atom. The van der Waals surface area contributed by atoms with Crippen molar-refractivity contribution >= 4 is 29.2 Å². The highest BCUT2D eigenvalue weighted by molar-refractivity contribution is 6.07. The summed E-state index contributed by atoms with van der Waals surface area (Å²) >= 11 is 0. The van der Waals surface area contributed by atoms with Gasteiger partial charge in [-0.3, -0.25) is 9.59 Å². The molecule has 9 heteroatoms. The van der Waals surface area contributed by atoms with Crippen LogP contribution in [0.2, 0.25) is 0 Å². The van der Waals surface area contributed by atoms with E-state index in [2.05, 4.69) is 10.6 Å². The molecule has 0 aliphatic carbocycles. The third kappa shape index (κ3) is 4.88. The van der Waals surface area contributed by atoms with Crippen LogP contribution in [0.4, 0.5) is 20.2 Å². The summed E-state index contributed by atoms with van der Waals surface area (Å²) < 4.78 is 36.4. The molecule has 30 heavy (non-hydrogen) atoms. The maximum atomic E-state index is 13.3. The molecular formula is C21H16F2N2O5. The van der Waals surface area contributed by atoms with Crippen molar-refractivity contribution in [3.05, 3.63) is 83.8 Å². The highest BCUT2D eigenvalue weighted by atomic mass is 19.2. The Morgan fingerprint density at radius 1 is 0.967 bits per heavy atom. The summed E-state index contributed by atoms with van der Waals surface area (Å²) in [7, 11) is 0. The van der Waals surface area contributed by atoms with E-state index in [0.29, 0.717) is 0 Å². The molecule has 0 fully saturated rings. The largest absolute Gasteiger partial charge is 0.459 e. The molecule has 7 nitrogen and oxygen atoms in total. The fourth-order valence-corrected chi connectivity index (χ4v) is 2.46. The van der Waals surface area contributed by atoms with E-state index in [1.165, 1.54) is 37.5 Å². The van der Waals surface area contributed by atoms with Gasteiger partial charge >= 0.3 is 5.97 Å². The van der Waals surface area contributed by atoms with Gasteiger partial charge in [-0.25, -0.2) is 13.6 Å². The van der Waals surface area contributed by atoms with Crippen molar-refractivity contribution in [1.82, 2.24) is 0 Å². The molecule has 1 aromatic heterocycles. The summed E-state index contributed by atoms with van der Waals surface area (Å²) in [5, 5.41) is 4.86. The van der Waals surface area contributed by atoms with Gasteiger partial charge in [-0.2, -0.15) is 0 Å². The minimum absolute atomic E-state index is 0.00732. The lowest BCUT2D eigenvalue weighted by Crippen LogP contribution is -2.30. The summed E-state index contributed by atoms with van der Waals surface area (Å²) in [6, 6.07) is 11.9. The molecule has 0 spiro atoms. The zero-order chi connectivity index (χ0) is 21.7. The van der Waals surface area contributed by atoms with Crippen LogP contribution in [0.25, 0.3) is 0 Å². The van der Waals surface area contributed by atoms with Gasteiger partial charge in [0.15, 0.2) is 23.5 Å². The van der Waals surface area contributed by atoms with Gasteiger partial charge < -0.3 is 19.8 Å². The van der Waals surface area contributed by atoms with Crippen molar-refractivity contribution in [2.24, 2.45) is 0 Å². The van der Waals surface area contributed by atoms with E-state index in [1.54, 1.807) is 18.2 Å². The minimum atomic E-state index is -1.25. The van der Waals surface area contributed by atoms with Gasteiger partial charge in [-0.05, 0) is 43.3 Å². The normalized spacial score (nSPS) is 11.4. The topological polar surface area (TPSA) is 97.6 Å². The average molecular weight is 414 g/mol. The van der Waals surface area contributed by atoms with Crippen molar-refractivity contribution in [1.29, 1.82) is 0 Å². The van der Waals surface area contributed by atoms with Crippen molar-refractivity contribution in [3.63, 3.8) is 0 Å². The number of amides is 2. The van der Waals surface area contributed by atoms with Gasteiger partial charge in [-0.1, -0.05) is 12.1 Å². The predicted octanol–water partition coefficient (Wildman–Crippen LogP) is 3.99. The van der Waals surface area contributed by atoms with Gasteiger partial charge in [0.2, 0.25) is 0 Å². The molecule has 0 unspecified atom stereocenters. The molecule has 1 atom stereocenters. The van der Waals surface area contributed by atoms with Crippen molar-refractivity contribution < 1.29 is 32.3 Å². The fraction of sp³-hybridized carbons (Fsp3) is 0.0952. The first-order valence-corrected chi connectivity index (χ1v) is 8.76. The lowest BCUT2D eigenvalue weighted by atomic mass is 10.1. The quantitative estimate of drug-likeness (QED) is 0.595. The van der Waals surface area contributed by atoms with E-state index in [9.17, 15) is 23.2 Å². The zero-order valence-corrected chi connectivity index (χ0v) is 15.6. The van der Waals surface area contributed by atoms with Crippen molar-refractivity contribution in [3.8, 4) is 0 Å². The predicted molar refractivity (Wildman–Crippen MR) is 103 cm³/mol. The SMILES string of the molecule is C[C@@H](OC(=O)c1ccccc1NC(=O)c1ccco1)C(=O)Nc1ccc(F)c(F)c1. The number of carbonyl (C=O) groups excluding carboxylic acids is 3. The summed E-state index contributed by atoms with van der Waals surface area (Å²) in [6.45, 7) is 1.32. The van der Waals surface area contributed by atoms with Crippen LogP contribution >= 0.6 is 0 Å². The Kier molecular flexibility index (Phi) is 6.21. The van der Waals surface area contributed by atoms with E-state index in [-0.39, 0.29) is 22.7 Å². The lowest BCUT2D eigenvalue weighted by molar-refractivity contribution is -0.123. The van der Waals surface area contributed by atoms with Crippen LogP contribution < -0.4 is 10.6 Å². The molecular weight excluding hydrogens is 398 g/mol. The summed E-state index contributed by atoms with van der Waals surface area (Å²) in [5.74, 6) is -4.30. The van der Waals surface area contributed by atoms with Gasteiger partial charge in [0.1, 0.15) is 0 Å². The zero-order valence-electron chi connectivity index (χ0n) is 15.6. The summed E-state index contributed by atoms with van der Waals surface area (Å²) in [6.07, 6.45) is 0.0852. The number of hydrogen-bond donors (Lipinski definition) is 2. The van der Waals surface area contributed by atoms with Crippen molar-refractivity contribution in [2.75, 3.05) is 10.6 Å². The Morgan fingerprint density at radius 3 is 2.43 bits per heavy atom. The van der Waals surface area contributed by atoms with Gasteiger partial charge in [-0.15, -0.1) is 0 Å². The average Bonchev–Trinajstić information content (AvgIpc) is 3.26. The number of furan rings is 1. The number of para-hydroxylation sites is 1. The number of anilines is 2. The molecule has 0 saturated heterocycles. The second-order valence-corrected chi connectivity index (χ2v) is 6.14. The molecule has 0 aliphatic heterocycles. The van der Waals surface area contributed by atoms with Crippen LogP contribution in [0.3, 0.4) is 0 Å². The maximum absolute atomic E-state index is 13.3. The molecule has 2 N–H and O–H groups in total. The molecule has 0 saturated carbocycles. The van der Waals surface area contributed by atoms with Crippen LogP contribution in [-0.4, -0.2) is 23.9 Å². The molecule has 0 aliphatic rings. The minimum Gasteiger partial charge on any atom is -0.459 e. The number of nitrogens with one attached hydrogen (secondary N) is 2. The molecule has 1 heterocycles. The molecule has 154 valence electrons. The Bertz CT molecular complexity index is 1080. The number of carbonyl (C=O) groups is 3. The summed E-state index contributed by atoms with van der Waals surface area (Å²) in [4.78, 5) is 36.9. The third-order valence-electron chi connectivity index (χ3n) is 3.98. The molecule has 3 aromatic rings. The van der Waals surface area contributed by atoms with Gasteiger partial charge in [0.25, 0.3) is 11.8 Å². The number of esters is 1. The van der Waals surface area contributed by atoms with E-state index < -0.39 is 35.5 Å². The van der Waals surface area contributed by atoms with E-state index in [0.717, 1.165) is 12.1 Å². The standard InChI is InChI=1S/C21H16F2N2O5/c1-12(19(26)24-13-8-9-15(22)16(23)11-13)30-21(28)14-5-2-3-6-17(14)25-20(27)18-7-4-10-29-18/h2-12H,1H3,(H,24,26)(H,25,27)/t12-/m1/s1. The first kappa shape index (κ1) is 20.7. The monoisotopic (exact) mass is 414 g/mol. The van der Waals surface area contributed by atoms with Crippen LogP contribution in [0.5, 0.6) is 0 Å². The highest BCUT2D eigenvalue weighted by Crippen LogP contribution is 2.19. The summed E-state index contributed by atoms with van der Waals surface area (Å²) in [5.41, 5.74) is 0.190. The fourth-order valence-electron chi connectivity index (χ4n) is 2.46. The maximum Gasteiger partial charge on any atom is 0.341 e. The lowest BCUT2D eigenvalue weighted by Gasteiger charge is -2.15. The van der Waals surface area contributed by atoms with E-state index in [4.69, 9.17) is 9.15 Å². The Labute approximate surface area is 169 Å².